The van der Waals surface area contributed by atoms with Gasteiger partial charge in [0.05, 0.1) is 9.88 Å². The zero-order chi connectivity index (χ0) is 15.7. The van der Waals surface area contributed by atoms with E-state index in [1.54, 1.807) is 11.3 Å². The highest BCUT2D eigenvalue weighted by Gasteiger charge is 2.26. The molecule has 1 aromatic heterocycles. The Balaban J connectivity index is 1.93. The van der Waals surface area contributed by atoms with E-state index in [1.807, 2.05) is 11.8 Å². The molecule has 1 amide bonds. The van der Waals surface area contributed by atoms with Gasteiger partial charge in [0, 0.05) is 19.1 Å². The van der Waals surface area contributed by atoms with Crippen LogP contribution in [0.4, 0.5) is 0 Å². The van der Waals surface area contributed by atoms with E-state index in [-0.39, 0.29) is 11.9 Å². The van der Waals surface area contributed by atoms with Crippen LogP contribution in [0.25, 0.3) is 10.4 Å². The van der Waals surface area contributed by atoms with Gasteiger partial charge in [0.25, 0.3) is 5.91 Å². The summed E-state index contributed by atoms with van der Waals surface area (Å²) in [5.41, 5.74) is 8.83. The molecule has 1 aliphatic heterocycles. The number of amides is 1. The quantitative estimate of drug-likeness (QED) is 0.927. The van der Waals surface area contributed by atoms with Gasteiger partial charge in [-0.2, -0.15) is 0 Å². The minimum atomic E-state index is 0.00933. The fourth-order valence-corrected chi connectivity index (χ4v) is 3.73. The van der Waals surface area contributed by atoms with E-state index in [1.165, 1.54) is 5.56 Å². The number of nitrogens with two attached hydrogens (primary N) is 1. The van der Waals surface area contributed by atoms with Crippen LogP contribution in [0, 0.1) is 13.8 Å². The average molecular weight is 315 g/mol. The number of carbonyl (C=O) groups is 1. The summed E-state index contributed by atoms with van der Waals surface area (Å²) in [6.07, 6.45) is 1.96. The van der Waals surface area contributed by atoms with E-state index in [0.29, 0.717) is 12.2 Å². The van der Waals surface area contributed by atoms with E-state index in [9.17, 15) is 4.79 Å². The number of benzene rings is 1. The predicted octanol–water partition coefficient (Wildman–Crippen LogP) is 2.99. The molecule has 22 heavy (non-hydrogen) atoms. The van der Waals surface area contributed by atoms with Crippen molar-refractivity contribution in [2.75, 3.05) is 13.1 Å². The third kappa shape index (κ3) is 3.05. The van der Waals surface area contributed by atoms with E-state index in [4.69, 9.17) is 5.73 Å². The lowest BCUT2D eigenvalue weighted by molar-refractivity contribution is 0.0704. The average Bonchev–Trinajstić information content (AvgIpc) is 2.89. The summed E-state index contributed by atoms with van der Waals surface area (Å²) >= 11 is 1.58. The lowest BCUT2D eigenvalue weighted by Crippen LogP contribution is -2.45. The number of aromatic nitrogens is 1. The Morgan fingerprint density at radius 3 is 2.73 bits per heavy atom. The smallest absolute Gasteiger partial charge is 0.274 e. The second kappa shape index (κ2) is 6.18. The van der Waals surface area contributed by atoms with Crippen molar-refractivity contribution < 1.29 is 4.79 Å². The van der Waals surface area contributed by atoms with Crippen LogP contribution in [0.15, 0.2) is 24.3 Å². The molecule has 2 heterocycles. The van der Waals surface area contributed by atoms with Gasteiger partial charge in [-0.1, -0.05) is 29.8 Å². The van der Waals surface area contributed by atoms with E-state index < -0.39 is 0 Å². The molecule has 0 bridgehead atoms. The molecule has 116 valence electrons. The molecule has 3 rings (SSSR count). The van der Waals surface area contributed by atoms with Gasteiger partial charge in [0.15, 0.2) is 0 Å². The number of piperidine rings is 1. The summed E-state index contributed by atoms with van der Waals surface area (Å²) < 4.78 is 0. The van der Waals surface area contributed by atoms with Gasteiger partial charge in [0.1, 0.15) is 5.69 Å². The third-order valence-electron chi connectivity index (χ3n) is 4.00. The summed E-state index contributed by atoms with van der Waals surface area (Å²) in [4.78, 5) is 20.1. The normalized spacial score (nSPS) is 18.5. The predicted molar refractivity (Wildman–Crippen MR) is 90.1 cm³/mol. The van der Waals surface area contributed by atoms with Crippen LogP contribution in [0.2, 0.25) is 0 Å². The van der Waals surface area contributed by atoms with Crippen molar-refractivity contribution in [1.82, 2.24) is 9.88 Å². The number of thiazole rings is 1. The zero-order valence-electron chi connectivity index (χ0n) is 13.0. The SMILES string of the molecule is Cc1ccc(-c2sc(C)nc2C(=O)N2CCCC(N)C2)cc1. The van der Waals surface area contributed by atoms with Gasteiger partial charge in [-0.25, -0.2) is 4.98 Å². The van der Waals surface area contributed by atoms with Gasteiger partial charge in [-0.05, 0) is 32.3 Å². The van der Waals surface area contributed by atoms with Crippen LogP contribution in [0.3, 0.4) is 0 Å². The summed E-state index contributed by atoms with van der Waals surface area (Å²) in [7, 11) is 0. The Morgan fingerprint density at radius 1 is 1.32 bits per heavy atom. The maximum Gasteiger partial charge on any atom is 0.274 e. The van der Waals surface area contributed by atoms with Gasteiger partial charge >= 0.3 is 0 Å². The summed E-state index contributed by atoms with van der Waals surface area (Å²) in [5, 5.41) is 0.917. The first kappa shape index (κ1) is 15.2. The van der Waals surface area contributed by atoms with Crippen LogP contribution in [0.5, 0.6) is 0 Å². The van der Waals surface area contributed by atoms with Crippen molar-refractivity contribution in [3.05, 3.63) is 40.5 Å². The van der Waals surface area contributed by atoms with E-state index >= 15 is 0 Å². The maximum absolute atomic E-state index is 12.8. The molecule has 0 saturated carbocycles. The molecule has 0 radical (unpaired) electrons. The van der Waals surface area contributed by atoms with Crippen molar-refractivity contribution in [3.8, 4) is 10.4 Å². The number of carbonyl (C=O) groups excluding carboxylic acids is 1. The fourth-order valence-electron chi connectivity index (χ4n) is 2.82. The number of nitrogens with zero attached hydrogens (tertiary/aromatic N) is 2. The van der Waals surface area contributed by atoms with Crippen LogP contribution < -0.4 is 5.73 Å². The first-order chi connectivity index (χ1) is 10.5. The molecular formula is C17H21N3OS. The number of hydrogen-bond acceptors (Lipinski definition) is 4. The van der Waals surface area contributed by atoms with Gasteiger partial charge in [0.2, 0.25) is 0 Å². The minimum Gasteiger partial charge on any atom is -0.336 e. The molecule has 1 aromatic carbocycles. The van der Waals surface area contributed by atoms with E-state index in [2.05, 4.69) is 36.2 Å². The van der Waals surface area contributed by atoms with E-state index in [0.717, 1.165) is 34.8 Å². The van der Waals surface area contributed by atoms with Crippen LogP contribution in [-0.2, 0) is 0 Å². The Bertz CT molecular complexity index is 678. The lowest BCUT2D eigenvalue weighted by Gasteiger charge is -2.30. The van der Waals surface area contributed by atoms with Crippen LogP contribution >= 0.6 is 11.3 Å². The van der Waals surface area contributed by atoms with Crippen LogP contribution in [-0.4, -0.2) is 34.9 Å². The topological polar surface area (TPSA) is 59.2 Å². The largest absolute Gasteiger partial charge is 0.336 e. The summed E-state index contributed by atoms with van der Waals surface area (Å²) in [5.74, 6) is 0.00933. The Kier molecular flexibility index (Phi) is 4.27. The standard InChI is InChI=1S/C17H21N3OS/c1-11-5-7-13(8-6-11)16-15(19-12(2)22-16)17(21)20-9-3-4-14(18)10-20/h5-8,14H,3-4,9-10,18H2,1-2H3. The molecule has 1 aliphatic rings. The minimum absolute atomic E-state index is 0.00933. The Labute approximate surface area is 135 Å². The monoisotopic (exact) mass is 315 g/mol. The molecule has 5 heteroatoms. The molecular weight excluding hydrogens is 294 g/mol. The first-order valence-electron chi connectivity index (χ1n) is 7.64. The molecule has 1 atom stereocenters. The molecule has 1 fully saturated rings. The highest BCUT2D eigenvalue weighted by Crippen LogP contribution is 2.31. The van der Waals surface area contributed by atoms with Crippen molar-refractivity contribution in [2.45, 2.75) is 32.7 Å². The summed E-state index contributed by atoms with van der Waals surface area (Å²) in [6, 6.07) is 8.33. The van der Waals surface area contributed by atoms with Crippen molar-refractivity contribution in [3.63, 3.8) is 0 Å². The second-order valence-corrected chi connectivity index (χ2v) is 7.13. The Hall–Kier alpha value is -1.72. The molecule has 2 aromatic rings. The van der Waals surface area contributed by atoms with Crippen molar-refractivity contribution in [1.29, 1.82) is 0 Å². The second-order valence-electron chi connectivity index (χ2n) is 5.93. The highest BCUT2D eigenvalue weighted by molar-refractivity contribution is 7.15. The number of rotatable bonds is 2. The number of hydrogen-bond donors (Lipinski definition) is 1. The molecule has 4 nitrogen and oxygen atoms in total. The zero-order valence-corrected chi connectivity index (χ0v) is 13.8. The number of likely N-dealkylation sites (tertiary alicyclic amines) is 1. The van der Waals surface area contributed by atoms with Crippen molar-refractivity contribution in [2.24, 2.45) is 5.73 Å². The van der Waals surface area contributed by atoms with Gasteiger partial charge in [-0.3, -0.25) is 4.79 Å². The van der Waals surface area contributed by atoms with Crippen molar-refractivity contribution >= 4 is 17.2 Å². The maximum atomic E-state index is 12.8. The molecule has 1 unspecified atom stereocenters. The van der Waals surface area contributed by atoms with Gasteiger partial charge in [-0.15, -0.1) is 11.3 Å². The fraction of sp³-hybridized carbons (Fsp3) is 0.412. The number of aryl methyl sites for hydroxylation is 2. The molecule has 0 spiro atoms. The Morgan fingerprint density at radius 2 is 2.05 bits per heavy atom. The third-order valence-corrected chi connectivity index (χ3v) is 5.02. The first-order valence-corrected chi connectivity index (χ1v) is 8.45. The van der Waals surface area contributed by atoms with Crippen LogP contribution in [0.1, 0.15) is 33.9 Å². The molecule has 0 aliphatic carbocycles. The summed E-state index contributed by atoms with van der Waals surface area (Å²) in [6.45, 7) is 5.41. The highest BCUT2D eigenvalue weighted by atomic mass is 32.1. The molecule has 2 N–H and O–H groups in total. The van der Waals surface area contributed by atoms with Gasteiger partial charge < -0.3 is 10.6 Å². The lowest BCUT2D eigenvalue weighted by atomic mass is 10.1. The molecule has 1 saturated heterocycles.